The molecular formula is C29H28FN3O5. The largest absolute Gasteiger partial charge is 0.507 e. The smallest absolute Gasteiger partial charge is 0.269 e. The van der Waals surface area contributed by atoms with E-state index < -0.39 is 10.3 Å². The van der Waals surface area contributed by atoms with Crippen LogP contribution in [-0.2, 0) is 16.6 Å². The highest BCUT2D eigenvalue weighted by molar-refractivity contribution is 5.98. The Bertz CT molecular complexity index is 1440. The molecular weight excluding hydrogens is 489 g/mol. The van der Waals surface area contributed by atoms with Crippen molar-refractivity contribution < 1.29 is 24.0 Å². The molecule has 0 bridgehead atoms. The lowest BCUT2D eigenvalue weighted by molar-refractivity contribution is -0.384. The summed E-state index contributed by atoms with van der Waals surface area (Å²) in [6, 6.07) is 13.8. The Morgan fingerprint density at radius 3 is 2.39 bits per heavy atom. The van der Waals surface area contributed by atoms with E-state index in [4.69, 9.17) is 0 Å². The Labute approximate surface area is 219 Å². The molecule has 0 radical (unpaired) electrons. The van der Waals surface area contributed by atoms with Crippen molar-refractivity contribution in [3.8, 4) is 5.75 Å². The van der Waals surface area contributed by atoms with Gasteiger partial charge in [-0.2, -0.15) is 0 Å². The van der Waals surface area contributed by atoms with E-state index in [-0.39, 0.29) is 35.5 Å². The van der Waals surface area contributed by atoms with E-state index in [0.717, 1.165) is 5.56 Å². The highest BCUT2D eigenvalue weighted by Crippen LogP contribution is 2.47. The van der Waals surface area contributed by atoms with Crippen LogP contribution in [0.25, 0.3) is 0 Å². The molecule has 2 aliphatic rings. The van der Waals surface area contributed by atoms with E-state index in [9.17, 15) is 29.2 Å². The highest BCUT2D eigenvalue weighted by atomic mass is 19.1. The molecule has 0 atom stereocenters. The number of rotatable bonds is 4. The molecule has 8 nitrogen and oxygen atoms in total. The second kappa shape index (κ2) is 9.55. The first-order chi connectivity index (χ1) is 18.1. The minimum atomic E-state index is -0.493. The summed E-state index contributed by atoms with van der Waals surface area (Å²) in [4.78, 5) is 40.7. The van der Waals surface area contributed by atoms with Crippen LogP contribution < -0.4 is 4.90 Å². The van der Waals surface area contributed by atoms with Gasteiger partial charge in [0.1, 0.15) is 11.6 Å². The minimum Gasteiger partial charge on any atom is -0.507 e. The first-order valence-corrected chi connectivity index (χ1v) is 12.5. The van der Waals surface area contributed by atoms with Gasteiger partial charge in [0.25, 0.3) is 11.6 Å². The van der Waals surface area contributed by atoms with Crippen molar-refractivity contribution in [3.63, 3.8) is 0 Å². The summed E-state index contributed by atoms with van der Waals surface area (Å²) >= 11 is 0. The zero-order valence-corrected chi connectivity index (χ0v) is 21.2. The van der Waals surface area contributed by atoms with E-state index in [1.165, 1.54) is 24.3 Å². The molecule has 0 aliphatic carbocycles. The number of aromatic hydroxyl groups is 1. The number of phenols is 1. The van der Waals surface area contributed by atoms with Gasteiger partial charge in [-0.05, 0) is 79.3 Å². The van der Waals surface area contributed by atoms with Gasteiger partial charge in [0.15, 0.2) is 0 Å². The Hall–Kier alpha value is -4.27. The molecule has 1 spiro atoms. The standard InChI is InChI=1S/C29H28FN3O5/c1-18-12-21(13-19(2)27(18)35)28(36)31-10-8-29(9-11-31)17-32(25-7-6-22(30)16-24(25)29)26(34)15-20-4-3-5-23(14-20)33(37)38/h3-7,12-14,16,35H,8-11,15,17H2,1-2H3. The number of amides is 2. The molecule has 196 valence electrons. The van der Waals surface area contributed by atoms with Crippen molar-refractivity contribution >= 4 is 23.2 Å². The maximum atomic E-state index is 14.4. The number of fused-ring (bicyclic) bond motifs is 2. The second-order valence-corrected chi connectivity index (χ2v) is 10.3. The van der Waals surface area contributed by atoms with Crippen LogP contribution in [0.15, 0.2) is 54.6 Å². The number of carbonyl (C=O) groups excluding carboxylic acids is 2. The van der Waals surface area contributed by atoms with Crippen LogP contribution in [0.1, 0.15) is 45.5 Å². The van der Waals surface area contributed by atoms with Gasteiger partial charge in [0.2, 0.25) is 5.91 Å². The number of piperidine rings is 1. The lowest BCUT2D eigenvalue weighted by Crippen LogP contribution is -2.48. The van der Waals surface area contributed by atoms with Gasteiger partial charge in [-0.1, -0.05) is 12.1 Å². The fourth-order valence-electron chi connectivity index (χ4n) is 5.74. The third-order valence-corrected chi connectivity index (χ3v) is 7.81. The molecule has 3 aromatic carbocycles. The van der Waals surface area contributed by atoms with Gasteiger partial charge in [-0.15, -0.1) is 0 Å². The van der Waals surface area contributed by atoms with Gasteiger partial charge in [0.05, 0.1) is 11.3 Å². The summed E-state index contributed by atoms with van der Waals surface area (Å²) in [5, 5.41) is 21.2. The lowest BCUT2D eigenvalue weighted by atomic mass is 9.74. The number of likely N-dealkylation sites (tertiary alicyclic amines) is 1. The minimum absolute atomic E-state index is 0.0151. The third kappa shape index (κ3) is 4.49. The molecule has 5 rings (SSSR count). The molecule has 1 saturated heterocycles. The quantitative estimate of drug-likeness (QED) is 0.395. The van der Waals surface area contributed by atoms with Crippen LogP contribution in [0.4, 0.5) is 15.8 Å². The van der Waals surface area contributed by atoms with Crippen molar-refractivity contribution in [1.82, 2.24) is 4.90 Å². The van der Waals surface area contributed by atoms with E-state index in [1.807, 2.05) is 0 Å². The summed E-state index contributed by atoms with van der Waals surface area (Å²) in [6.07, 6.45) is 1.11. The fraction of sp³-hybridized carbons (Fsp3) is 0.310. The molecule has 9 heteroatoms. The lowest BCUT2D eigenvalue weighted by Gasteiger charge is -2.40. The Balaban J connectivity index is 1.36. The van der Waals surface area contributed by atoms with Crippen molar-refractivity contribution in [3.05, 3.63) is 98.3 Å². The number of nitrogens with zero attached hydrogens (tertiary/aromatic N) is 3. The van der Waals surface area contributed by atoms with Crippen LogP contribution in [-0.4, -0.2) is 46.4 Å². The first kappa shape index (κ1) is 25.4. The van der Waals surface area contributed by atoms with Gasteiger partial charge in [-0.3, -0.25) is 19.7 Å². The third-order valence-electron chi connectivity index (χ3n) is 7.81. The number of carbonyl (C=O) groups is 2. The Morgan fingerprint density at radius 1 is 1.05 bits per heavy atom. The van der Waals surface area contributed by atoms with E-state index in [2.05, 4.69) is 0 Å². The Morgan fingerprint density at radius 2 is 1.74 bits per heavy atom. The van der Waals surface area contributed by atoms with Crippen molar-refractivity contribution in [1.29, 1.82) is 0 Å². The van der Waals surface area contributed by atoms with Crippen LogP contribution in [0.5, 0.6) is 5.75 Å². The summed E-state index contributed by atoms with van der Waals surface area (Å²) in [7, 11) is 0. The van der Waals surface area contributed by atoms with Crippen molar-refractivity contribution in [2.24, 2.45) is 0 Å². The molecule has 2 amide bonds. The molecule has 2 heterocycles. The van der Waals surface area contributed by atoms with E-state index >= 15 is 0 Å². The molecule has 0 unspecified atom stereocenters. The Kier molecular flexibility index (Phi) is 6.38. The number of anilines is 1. The number of hydrogen-bond donors (Lipinski definition) is 1. The predicted octanol–water partition coefficient (Wildman–Crippen LogP) is 4.82. The summed E-state index contributed by atoms with van der Waals surface area (Å²) < 4.78 is 14.4. The van der Waals surface area contributed by atoms with E-state index in [0.29, 0.717) is 60.4 Å². The number of halogens is 1. The zero-order valence-electron chi connectivity index (χ0n) is 21.2. The molecule has 3 aromatic rings. The number of phenolic OH excluding ortho intramolecular Hbond substituents is 1. The highest BCUT2D eigenvalue weighted by Gasteiger charge is 2.47. The fourth-order valence-corrected chi connectivity index (χ4v) is 5.74. The maximum Gasteiger partial charge on any atom is 0.269 e. The van der Waals surface area contributed by atoms with Gasteiger partial charge in [0, 0.05) is 48.4 Å². The monoisotopic (exact) mass is 517 g/mol. The number of benzene rings is 3. The molecule has 1 fully saturated rings. The van der Waals surface area contributed by atoms with Crippen LogP contribution in [0, 0.1) is 29.8 Å². The maximum absolute atomic E-state index is 14.4. The molecule has 0 saturated carbocycles. The number of aryl methyl sites for hydroxylation is 2. The van der Waals surface area contributed by atoms with Gasteiger partial charge < -0.3 is 14.9 Å². The molecule has 0 aromatic heterocycles. The number of non-ortho nitro benzene ring substituents is 1. The topological polar surface area (TPSA) is 104 Å². The van der Waals surface area contributed by atoms with Gasteiger partial charge >= 0.3 is 0 Å². The number of hydrogen-bond acceptors (Lipinski definition) is 5. The zero-order chi connectivity index (χ0) is 27.2. The molecule has 2 aliphatic heterocycles. The molecule has 38 heavy (non-hydrogen) atoms. The SMILES string of the molecule is Cc1cc(C(=O)N2CCC3(CC2)CN(C(=O)Cc2cccc([N+](=O)[O-])c2)c2ccc(F)cc23)cc(C)c1O. The summed E-state index contributed by atoms with van der Waals surface area (Å²) in [5.74, 6) is -0.547. The average molecular weight is 518 g/mol. The normalized spacial score (nSPS) is 16.0. The summed E-state index contributed by atoms with van der Waals surface area (Å²) in [5.41, 5.74) is 3.16. The average Bonchev–Trinajstić information content (AvgIpc) is 3.20. The van der Waals surface area contributed by atoms with Crippen molar-refractivity contribution in [2.75, 3.05) is 24.5 Å². The van der Waals surface area contributed by atoms with Crippen LogP contribution in [0.3, 0.4) is 0 Å². The first-order valence-electron chi connectivity index (χ1n) is 12.5. The number of nitro groups is 1. The van der Waals surface area contributed by atoms with Crippen LogP contribution >= 0.6 is 0 Å². The molecule has 1 N–H and O–H groups in total. The predicted molar refractivity (Wildman–Crippen MR) is 140 cm³/mol. The van der Waals surface area contributed by atoms with Crippen LogP contribution in [0.2, 0.25) is 0 Å². The second-order valence-electron chi connectivity index (χ2n) is 10.3. The van der Waals surface area contributed by atoms with Crippen molar-refractivity contribution in [2.45, 2.75) is 38.5 Å². The number of nitro benzene ring substituents is 1. The van der Waals surface area contributed by atoms with E-state index in [1.54, 1.807) is 54.0 Å². The summed E-state index contributed by atoms with van der Waals surface area (Å²) in [6.45, 7) is 4.77. The van der Waals surface area contributed by atoms with Gasteiger partial charge in [-0.25, -0.2) is 4.39 Å².